The summed E-state index contributed by atoms with van der Waals surface area (Å²) in [4.78, 5) is 14.0. The zero-order valence-electron chi connectivity index (χ0n) is 8.85. The maximum atomic E-state index is 11.6. The Hall–Kier alpha value is -1.04. The number of nitrogens with two attached hydrogens (primary N) is 1. The van der Waals surface area contributed by atoms with Crippen LogP contribution in [0.2, 0.25) is 0 Å². The van der Waals surface area contributed by atoms with Gasteiger partial charge < -0.3 is 10.8 Å². The summed E-state index contributed by atoms with van der Waals surface area (Å²) in [6, 6.07) is 5.94. The van der Waals surface area contributed by atoms with Crippen molar-refractivity contribution in [2.75, 3.05) is 23.9 Å². The van der Waals surface area contributed by atoms with Crippen LogP contribution in [0.5, 0.6) is 0 Å². The summed E-state index contributed by atoms with van der Waals surface area (Å²) >= 11 is 1.51. The number of aliphatic hydroxyl groups is 1. The van der Waals surface area contributed by atoms with Crippen molar-refractivity contribution in [3.63, 3.8) is 0 Å². The molecule has 0 aliphatic carbocycles. The van der Waals surface area contributed by atoms with Crippen LogP contribution >= 0.6 is 11.8 Å². The quantitative estimate of drug-likeness (QED) is 0.808. The zero-order valence-corrected chi connectivity index (χ0v) is 9.67. The van der Waals surface area contributed by atoms with Gasteiger partial charge in [0.1, 0.15) is 6.73 Å². The van der Waals surface area contributed by atoms with Gasteiger partial charge in [0, 0.05) is 4.90 Å². The number of aliphatic hydroxyl groups excluding tert-OH is 1. The first-order chi connectivity index (χ1) is 7.76. The van der Waals surface area contributed by atoms with Gasteiger partial charge in [-0.2, -0.15) is 0 Å². The lowest BCUT2D eigenvalue weighted by molar-refractivity contribution is -0.117. The monoisotopic (exact) mass is 238 g/mol. The van der Waals surface area contributed by atoms with Gasteiger partial charge >= 0.3 is 0 Å². The molecule has 4 nitrogen and oxygen atoms in total. The molecule has 0 saturated heterocycles. The standard InChI is InChI=1S/C11H14N2O2S/c12-4-3-8-1-2-10-9(5-8)13(7-14)11(15)6-16-10/h1-2,5,14H,3-4,6-7,12H2. The molecule has 1 aliphatic rings. The third-order valence-electron chi connectivity index (χ3n) is 2.54. The van der Waals surface area contributed by atoms with E-state index in [2.05, 4.69) is 0 Å². The van der Waals surface area contributed by atoms with Gasteiger partial charge in [0.15, 0.2) is 0 Å². The lowest BCUT2D eigenvalue weighted by Crippen LogP contribution is -2.36. The molecule has 5 heteroatoms. The number of rotatable bonds is 3. The number of hydrogen-bond acceptors (Lipinski definition) is 4. The fraction of sp³-hybridized carbons (Fsp3) is 0.364. The maximum Gasteiger partial charge on any atom is 0.239 e. The largest absolute Gasteiger partial charge is 0.376 e. The first-order valence-corrected chi connectivity index (χ1v) is 6.12. The lowest BCUT2D eigenvalue weighted by Gasteiger charge is -2.27. The number of amides is 1. The number of carbonyl (C=O) groups is 1. The van der Waals surface area contributed by atoms with Gasteiger partial charge in [-0.1, -0.05) is 6.07 Å². The lowest BCUT2D eigenvalue weighted by atomic mass is 10.1. The molecular formula is C11H14N2O2S. The first-order valence-electron chi connectivity index (χ1n) is 5.13. The van der Waals surface area contributed by atoms with E-state index in [1.54, 1.807) is 0 Å². The second-order valence-electron chi connectivity index (χ2n) is 3.59. The molecule has 1 aromatic rings. The van der Waals surface area contributed by atoms with Crippen molar-refractivity contribution in [3.8, 4) is 0 Å². The van der Waals surface area contributed by atoms with E-state index in [1.807, 2.05) is 18.2 Å². The number of nitrogens with zero attached hydrogens (tertiary/aromatic N) is 1. The Kier molecular flexibility index (Phi) is 3.48. The van der Waals surface area contributed by atoms with E-state index in [4.69, 9.17) is 5.73 Å². The second kappa shape index (κ2) is 4.86. The Labute approximate surface area is 98.4 Å². The summed E-state index contributed by atoms with van der Waals surface area (Å²) in [6.07, 6.45) is 0.783. The minimum atomic E-state index is -0.265. The zero-order chi connectivity index (χ0) is 11.5. The molecule has 0 radical (unpaired) electrons. The van der Waals surface area contributed by atoms with E-state index < -0.39 is 0 Å². The van der Waals surface area contributed by atoms with E-state index in [9.17, 15) is 9.90 Å². The van der Waals surface area contributed by atoms with Gasteiger partial charge in [0.2, 0.25) is 5.91 Å². The minimum Gasteiger partial charge on any atom is -0.376 e. The predicted molar refractivity (Wildman–Crippen MR) is 64.5 cm³/mol. The molecular weight excluding hydrogens is 224 g/mol. The summed E-state index contributed by atoms with van der Waals surface area (Å²) in [6.45, 7) is 0.317. The Morgan fingerprint density at radius 3 is 3.00 bits per heavy atom. The van der Waals surface area contributed by atoms with Crippen LogP contribution in [0.4, 0.5) is 5.69 Å². The van der Waals surface area contributed by atoms with Crippen molar-refractivity contribution < 1.29 is 9.90 Å². The van der Waals surface area contributed by atoms with E-state index in [-0.39, 0.29) is 12.6 Å². The predicted octanol–water partition coefficient (Wildman–Crippen LogP) is 0.576. The van der Waals surface area contributed by atoms with E-state index in [0.29, 0.717) is 12.3 Å². The molecule has 0 saturated carbocycles. The first kappa shape index (κ1) is 11.4. The average molecular weight is 238 g/mol. The smallest absolute Gasteiger partial charge is 0.239 e. The van der Waals surface area contributed by atoms with Crippen LogP contribution in [-0.4, -0.2) is 30.0 Å². The van der Waals surface area contributed by atoms with Gasteiger partial charge in [-0.05, 0) is 30.7 Å². The van der Waals surface area contributed by atoms with Crippen molar-refractivity contribution in [2.45, 2.75) is 11.3 Å². The van der Waals surface area contributed by atoms with Crippen LogP contribution in [0.1, 0.15) is 5.56 Å². The van der Waals surface area contributed by atoms with Crippen LogP contribution in [0.15, 0.2) is 23.1 Å². The number of benzene rings is 1. The Balaban J connectivity index is 2.37. The number of fused-ring (bicyclic) bond motifs is 1. The summed E-state index contributed by atoms with van der Waals surface area (Å²) in [7, 11) is 0. The molecule has 0 aromatic heterocycles. The molecule has 1 aromatic carbocycles. The molecule has 0 unspecified atom stereocenters. The number of hydrogen-bond donors (Lipinski definition) is 2. The van der Waals surface area contributed by atoms with E-state index >= 15 is 0 Å². The number of anilines is 1. The number of carbonyl (C=O) groups excluding carboxylic acids is 1. The summed E-state index contributed by atoms with van der Waals surface area (Å²) < 4.78 is 0. The molecule has 16 heavy (non-hydrogen) atoms. The fourth-order valence-corrected chi connectivity index (χ4v) is 2.64. The van der Waals surface area contributed by atoms with Gasteiger partial charge in [0.25, 0.3) is 0 Å². The van der Waals surface area contributed by atoms with Crippen LogP contribution in [0.3, 0.4) is 0 Å². The van der Waals surface area contributed by atoms with Crippen LogP contribution < -0.4 is 10.6 Å². The topological polar surface area (TPSA) is 66.6 Å². The molecule has 0 bridgehead atoms. The highest BCUT2D eigenvalue weighted by molar-refractivity contribution is 8.00. The molecule has 86 valence electrons. The van der Waals surface area contributed by atoms with Gasteiger partial charge in [-0.15, -0.1) is 11.8 Å². The third-order valence-corrected chi connectivity index (χ3v) is 3.59. The minimum absolute atomic E-state index is 0.0510. The van der Waals surface area contributed by atoms with Crippen molar-refractivity contribution in [1.82, 2.24) is 0 Å². The molecule has 1 amide bonds. The van der Waals surface area contributed by atoms with Crippen molar-refractivity contribution in [1.29, 1.82) is 0 Å². The highest BCUT2D eigenvalue weighted by atomic mass is 32.2. The summed E-state index contributed by atoms with van der Waals surface area (Å²) in [5.41, 5.74) is 7.39. The summed E-state index contributed by atoms with van der Waals surface area (Å²) in [5.74, 6) is 0.342. The van der Waals surface area contributed by atoms with E-state index in [0.717, 1.165) is 22.6 Å². The molecule has 2 rings (SSSR count). The second-order valence-corrected chi connectivity index (χ2v) is 4.61. The van der Waals surface area contributed by atoms with Crippen LogP contribution in [-0.2, 0) is 11.2 Å². The summed E-state index contributed by atoms with van der Waals surface area (Å²) in [5, 5.41) is 9.20. The SMILES string of the molecule is NCCc1ccc2c(c1)N(CO)C(=O)CS2. The normalized spacial score (nSPS) is 15.1. The van der Waals surface area contributed by atoms with Gasteiger partial charge in [0.05, 0.1) is 11.4 Å². The van der Waals surface area contributed by atoms with Crippen LogP contribution in [0, 0.1) is 0 Å². The molecule has 0 atom stereocenters. The van der Waals surface area contributed by atoms with Crippen molar-refractivity contribution >= 4 is 23.4 Å². The molecule has 0 spiro atoms. The third kappa shape index (κ3) is 2.07. The Morgan fingerprint density at radius 1 is 1.50 bits per heavy atom. The van der Waals surface area contributed by atoms with Gasteiger partial charge in [-0.3, -0.25) is 9.69 Å². The Bertz CT molecular complexity index is 409. The maximum absolute atomic E-state index is 11.6. The molecule has 0 fully saturated rings. The average Bonchev–Trinajstić information content (AvgIpc) is 2.29. The van der Waals surface area contributed by atoms with Gasteiger partial charge in [-0.25, -0.2) is 0 Å². The van der Waals surface area contributed by atoms with E-state index in [1.165, 1.54) is 16.7 Å². The number of thioether (sulfide) groups is 1. The van der Waals surface area contributed by atoms with Crippen molar-refractivity contribution in [2.24, 2.45) is 5.73 Å². The van der Waals surface area contributed by atoms with Crippen LogP contribution in [0.25, 0.3) is 0 Å². The molecule has 3 N–H and O–H groups in total. The molecule has 1 heterocycles. The van der Waals surface area contributed by atoms with Crippen molar-refractivity contribution in [3.05, 3.63) is 23.8 Å². The molecule has 1 aliphatic heterocycles. The Morgan fingerprint density at radius 2 is 2.31 bits per heavy atom. The highest BCUT2D eigenvalue weighted by Crippen LogP contribution is 2.35. The highest BCUT2D eigenvalue weighted by Gasteiger charge is 2.23. The fourth-order valence-electron chi connectivity index (χ4n) is 1.72.